The molecular formula is C30H46O. The number of phenols is 1. The first kappa shape index (κ1) is 25.5. The lowest BCUT2D eigenvalue weighted by Gasteiger charge is -2.32. The summed E-state index contributed by atoms with van der Waals surface area (Å²) in [6.45, 7) is 31.4. The van der Waals surface area contributed by atoms with Crippen molar-refractivity contribution >= 4 is 0 Å². The molecule has 2 rings (SSSR count). The van der Waals surface area contributed by atoms with Crippen molar-refractivity contribution in [1.29, 1.82) is 0 Å². The maximum absolute atomic E-state index is 11.7. The molecule has 0 heterocycles. The van der Waals surface area contributed by atoms with Crippen LogP contribution in [0.5, 0.6) is 5.75 Å². The third-order valence-corrected chi connectivity index (χ3v) is 6.53. The van der Waals surface area contributed by atoms with Crippen LogP contribution in [0.4, 0.5) is 0 Å². The minimum absolute atomic E-state index is 0.00503. The molecule has 1 nitrogen and oxygen atoms in total. The number of aromatic hydroxyl groups is 1. The van der Waals surface area contributed by atoms with Crippen LogP contribution in [0.1, 0.15) is 116 Å². The van der Waals surface area contributed by atoms with E-state index in [0.29, 0.717) is 5.75 Å². The van der Waals surface area contributed by atoms with Crippen molar-refractivity contribution in [3.63, 3.8) is 0 Å². The highest BCUT2D eigenvalue weighted by Gasteiger charge is 2.31. The van der Waals surface area contributed by atoms with Gasteiger partial charge in [-0.2, -0.15) is 0 Å². The molecule has 172 valence electrons. The molecule has 1 heteroatoms. The maximum Gasteiger partial charge on any atom is 0.127 e. The predicted octanol–water partition coefficient (Wildman–Crippen LogP) is 8.87. The van der Waals surface area contributed by atoms with E-state index in [-0.39, 0.29) is 21.7 Å². The summed E-state index contributed by atoms with van der Waals surface area (Å²) >= 11 is 0. The summed E-state index contributed by atoms with van der Waals surface area (Å²) in [5, 5.41) is 11.7. The van der Waals surface area contributed by atoms with E-state index in [1.165, 1.54) is 33.4 Å². The molecule has 0 saturated heterocycles. The second-order valence-corrected chi connectivity index (χ2v) is 13.5. The standard InChI is InChI=1S/C30H46O/c1-18-21(15-20(27(3,4)5)16-22(18)28(6,7)8)25-19(2)23(29(9,10)11)17-24(26(25)31)30(12,13)14/h15-17,31H,1-14H3. The van der Waals surface area contributed by atoms with Crippen molar-refractivity contribution in [3.8, 4) is 16.9 Å². The highest BCUT2D eigenvalue weighted by atomic mass is 16.3. The predicted molar refractivity (Wildman–Crippen MR) is 138 cm³/mol. The zero-order valence-corrected chi connectivity index (χ0v) is 22.7. The molecule has 0 atom stereocenters. The van der Waals surface area contributed by atoms with Gasteiger partial charge < -0.3 is 5.11 Å². The normalized spacial score (nSPS) is 13.6. The van der Waals surface area contributed by atoms with Gasteiger partial charge in [-0.25, -0.2) is 0 Å². The zero-order valence-electron chi connectivity index (χ0n) is 22.7. The van der Waals surface area contributed by atoms with Gasteiger partial charge in [0, 0.05) is 11.1 Å². The molecule has 0 bridgehead atoms. The van der Waals surface area contributed by atoms with E-state index in [1.807, 2.05) is 0 Å². The van der Waals surface area contributed by atoms with Crippen molar-refractivity contribution in [2.45, 2.75) is 119 Å². The molecule has 0 fully saturated rings. The van der Waals surface area contributed by atoms with Gasteiger partial charge in [-0.15, -0.1) is 0 Å². The van der Waals surface area contributed by atoms with Crippen LogP contribution < -0.4 is 0 Å². The fourth-order valence-electron chi connectivity index (χ4n) is 4.63. The van der Waals surface area contributed by atoms with E-state index in [1.54, 1.807) is 0 Å². The topological polar surface area (TPSA) is 20.2 Å². The fraction of sp³-hybridized carbons (Fsp3) is 0.600. The van der Waals surface area contributed by atoms with E-state index >= 15 is 0 Å². The first-order valence-corrected chi connectivity index (χ1v) is 11.7. The summed E-state index contributed by atoms with van der Waals surface area (Å²) in [4.78, 5) is 0. The number of hydrogen-bond donors (Lipinski definition) is 1. The highest BCUT2D eigenvalue weighted by Crippen LogP contribution is 2.47. The van der Waals surface area contributed by atoms with Gasteiger partial charge in [0.15, 0.2) is 0 Å². The minimum Gasteiger partial charge on any atom is -0.507 e. The molecule has 0 radical (unpaired) electrons. The largest absolute Gasteiger partial charge is 0.507 e. The Morgan fingerprint density at radius 2 is 0.935 bits per heavy atom. The summed E-state index contributed by atoms with van der Waals surface area (Å²) in [6, 6.07) is 6.94. The van der Waals surface area contributed by atoms with Gasteiger partial charge in [0.1, 0.15) is 5.75 Å². The monoisotopic (exact) mass is 422 g/mol. The lowest BCUT2D eigenvalue weighted by molar-refractivity contribution is 0.446. The highest BCUT2D eigenvalue weighted by molar-refractivity contribution is 5.81. The molecule has 1 N–H and O–H groups in total. The van der Waals surface area contributed by atoms with Crippen molar-refractivity contribution in [2.24, 2.45) is 0 Å². The molecule has 2 aromatic carbocycles. The molecule has 2 aromatic rings. The molecular weight excluding hydrogens is 376 g/mol. The van der Waals surface area contributed by atoms with Crippen LogP contribution in [-0.4, -0.2) is 5.11 Å². The Bertz CT molecular complexity index is 940. The van der Waals surface area contributed by atoms with Crippen molar-refractivity contribution < 1.29 is 5.11 Å². The number of rotatable bonds is 1. The van der Waals surface area contributed by atoms with Crippen LogP contribution in [0.25, 0.3) is 11.1 Å². The average Bonchev–Trinajstić information content (AvgIpc) is 2.51. The smallest absolute Gasteiger partial charge is 0.127 e. The van der Waals surface area contributed by atoms with Crippen LogP contribution in [0.2, 0.25) is 0 Å². The SMILES string of the molecule is Cc1c(-c2c(C)c(C(C)(C)C)cc(C(C)(C)C)c2O)cc(C(C)(C)C)cc1C(C)(C)C. The summed E-state index contributed by atoms with van der Waals surface area (Å²) in [6.07, 6.45) is 0. The molecule has 0 aliphatic rings. The first-order chi connectivity index (χ1) is 13.7. The third kappa shape index (κ3) is 5.02. The summed E-state index contributed by atoms with van der Waals surface area (Å²) in [5.41, 5.74) is 9.54. The third-order valence-electron chi connectivity index (χ3n) is 6.53. The van der Waals surface area contributed by atoms with Gasteiger partial charge in [0.2, 0.25) is 0 Å². The second-order valence-electron chi connectivity index (χ2n) is 13.5. The van der Waals surface area contributed by atoms with Crippen molar-refractivity contribution in [2.75, 3.05) is 0 Å². The van der Waals surface area contributed by atoms with Gasteiger partial charge in [-0.1, -0.05) is 101 Å². The summed E-state index contributed by atoms with van der Waals surface area (Å²) in [7, 11) is 0. The molecule has 31 heavy (non-hydrogen) atoms. The number of phenolic OH excluding ortho intramolecular Hbond substituents is 1. The Balaban J connectivity index is 3.13. The Hall–Kier alpha value is -1.76. The van der Waals surface area contributed by atoms with Crippen LogP contribution >= 0.6 is 0 Å². The molecule has 0 aromatic heterocycles. The second kappa shape index (κ2) is 7.68. The van der Waals surface area contributed by atoms with Gasteiger partial charge in [-0.3, -0.25) is 0 Å². The molecule has 0 spiro atoms. The summed E-state index contributed by atoms with van der Waals surface area (Å²) < 4.78 is 0. The van der Waals surface area contributed by atoms with Gasteiger partial charge in [0.05, 0.1) is 0 Å². The van der Waals surface area contributed by atoms with Crippen LogP contribution in [-0.2, 0) is 21.7 Å². The Morgan fingerprint density at radius 3 is 1.32 bits per heavy atom. The average molecular weight is 423 g/mol. The molecule has 0 aliphatic heterocycles. The van der Waals surface area contributed by atoms with E-state index in [0.717, 1.165) is 11.1 Å². The Labute approximate surface area is 192 Å². The number of hydrogen-bond acceptors (Lipinski definition) is 1. The summed E-state index contributed by atoms with van der Waals surface area (Å²) in [5.74, 6) is 0.437. The van der Waals surface area contributed by atoms with E-state index < -0.39 is 0 Å². The lowest BCUT2D eigenvalue weighted by atomic mass is 9.72. The lowest BCUT2D eigenvalue weighted by Crippen LogP contribution is -2.20. The molecule has 0 unspecified atom stereocenters. The molecule has 0 aliphatic carbocycles. The quantitative estimate of drug-likeness (QED) is 0.486. The van der Waals surface area contributed by atoms with Crippen LogP contribution in [0.15, 0.2) is 18.2 Å². The Morgan fingerprint density at radius 1 is 0.516 bits per heavy atom. The van der Waals surface area contributed by atoms with Crippen LogP contribution in [0.3, 0.4) is 0 Å². The van der Waals surface area contributed by atoms with E-state index in [4.69, 9.17) is 0 Å². The minimum atomic E-state index is -0.144. The van der Waals surface area contributed by atoms with Gasteiger partial charge in [0.25, 0.3) is 0 Å². The molecule has 0 saturated carbocycles. The van der Waals surface area contributed by atoms with Crippen molar-refractivity contribution in [3.05, 3.63) is 51.6 Å². The van der Waals surface area contributed by atoms with Gasteiger partial charge in [-0.05, 0) is 68.9 Å². The maximum atomic E-state index is 11.7. The zero-order chi connectivity index (χ0) is 24.3. The van der Waals surface area contributed by atoms with Gasteiger partial charge >= 0.3 is 0 Å². The first-order valence-electron chi connectivity index (χ1n) is 11.7. The number of benzene rings is 2. The molecule has 0 amide bonds. The fourth-order valence-corrected chi connectivity index (χ4v) is 4.63. The van der Waals surface area contributed by atoms with E-state index in [2.05, 4.69) is 115 Å². The Kier molecular flexibility index (Phi) is 6.32. The van der Waals surface area contributed by atoms with E-state index in [9.17, 15) is 5.11 Å². The van der Waals surface area contributed by atoms with Crippen LogP contribution in [0, 0.1) is 13.8 Å². The van der Waals surface area contributed by atoms with Crippen molar-refractivity contribution in [1.82, 2.24) is 0 Å².